The normalized spacial score (nSPS) is 12.5. The minimum absolute atomic E-state index is 0.00880. The van der Waals surface area contributed by atoms with E-state index in [-0.39, 0.29) is 18.5 Å². The summed E-state index contributed by atoms with van der Waals surface area (Å²) >= 11 is 0. The Kier molecular flexibility index (Phi) is 76.3. The van der Waals surface area contributed by atoms with E-state index in [4.69, 9.17) is 4.74 Å². The van der Waals surface area contributed by atoms with Gasteiger partial charge in [0.25, 0.3) is 0 Å². The second kappa shape index (κ2) is 77.8. The zero-order chi connectivity index (χ0) is 63.5. The number of rotatable bonds is 77. The molecular weight excluding hydrogens is 1080 g/mol. The molecule has 0 fully saturated rings. The predicted molar refractivity (Wildman–Crippen MR) is 389 cm³/mol. The molecule has 1 amide bonds. The van der Waals surface area contributed by atoms with Crippen molar-refractivity contribution in [1.29, 1.82) is 0 Å². The minimum atomic E-state index is -0.661. The van der Waals surface area contributed by atoms with Gasteiger partial charge < -0.3 is 20.3 Å². The van der Waals surface area contributed by atoms with E-state index in [1.807, 2.05) is 0 Å². The fraction of sp³-hybridized carbons (Fsp3) is 0.927. The van der Waals surface area contributed by atoms with Crippen molar-refractivity contribution in [2.24, 2.45) is 0 Å². The molecule has 2 unspecified atom stereocenters. The van der Waals surface area contributed by atoms with Crippen molar-refractivity contribution in [3.63, 3.8) is 0 Å². The molecule has 0 bridgehead atoms. The van der Waals surface area contributed by atoms with Gasteiger partial charge in [-0.2, -0.15) is 0 Å². The van der Waals surface area contributed by atoms with Crippen molar-refractivity contribution < 1.29 is 24.5 Å². The first-order valence-electron chi connectivity index (χ1n) is 40.6. The van der Waals surface area contributed by atoms with E-state index in [1.165, 1.54) is 379 Å². The highest BCUT2D eigenvalue weighted by Gasteiger charge is 2.20. The van der Waals surface area contributed by atoms with Crippen LogP contribution in [0.3, 0.4) is 0 Å². The maximum Gasteiger partial charge on any atom is 0.305 e. The van der Waals surface area contributed by atoms with Crippen molar-refractivity contribution in [1.82, 2.24) is 5.32 Å². The zero-order valence-corrected chi connectivity index (χ0v) is 60.0. The lowest BCUT2D eigenvalue weighted by atomic mass is 10.0. The molecule has 522 valence electrons. The Morgan fingerprint density at radius 3 is 0.898 bits per heavy atom. The Bertz CT molecular complexity index is 1380. The Morgan fingerprint density at radius 2 is 0.580 bits per heavy atom. The minimum Gasteiger partial charge on any atom is -0.466 e. The molecule has 3 N–H and O–H groups in total. The van der Waals surface area contributed by atoms with Crippen LogP contribution in [-0.4, -0.2) is 47.4 Å². The molecule has 0 heterocycles. The SMILES string of the molecule is CCCC/C=C\C/C=C\CCCCCCCC(=O)OCCCCCCCCCCCCCCCCCCCCCCCCCCCCCCCCCCCCCC(=O)NC(CO)C(O)CCCCCCCCCCCCCCCCCCCCCCCC. The molecular formula is C82H159NO5. The highest BCUT2D eigenvalue weighted by molar-refractivity contribution is 5.76. The Hall–Kier alpha value is -1.66. The summed E-state index contributed by atoms with van der Waals surface area (Å²) in [5, 5.41) is 23.5. The van der Waals surface area contributed by atoms with Crippen molar-refractivity contribution in [2.45, 2.75) is 475 Å². The summed E-state index contributed by atoms with van der Waals surface area (Å²) in [6.45, 7) is 4.96. The number of aliphatic hydroxyl groups is 2. The van der Waals surface area contributed by atoms with Gasteiger partial charge in [-0.1, -0.05) is 423 Å². The third-order valence-electron chi connectivity index (χ3n) is 19.3. The first-order valence-corrected chi connectivity index (χ1v) is 40.6. The summed E-state index contributed by atoms with van der Waals surface area (Å²) in [5.41, 5.74) is 0. The topological polar surface area (TPSA) is 95.9 Å². The second-order valence-electron chi connectivity index (χ2n) is 28.1. The summed E-state index contributed by atoms with van der Waals surface area (Å²) in [6, 6.07) is -0.538. The number of carbonyl (C=O) groups is 2. The van der Waals surface area contributed by atoms with Gasteiger partial charge in [0, 0.05) is 12.8 Å². The van der Waals surface area contributed by atoms with E-state index in [2.05, 4.69) is 43.5 Å². The molecule has 0 aliphatic heterocycles. The van der Waals surface area contributed by atoms with Gasteiger partial charge in [0.1, 0.15) is 0 Å². The lowest BCUT2D eigenvalue weighted by molar-refractivity contribution is -0.143. The van der Waals surface area contributed by atoms with Crippen LogP contribution in [0.2, 0.25) is 0 Å². The number of unbranched alkanes of at least 4 members (excludes halogenated alkanes) is 62. The van der Waals surface area contributed by atoms with Gasteiger partial charge in [-0.25, -0.2) is 0 Å². The Morgan fingerprint density at radius 1 is 0.318 bits per heavy atom. The molecule has 0 saturated heterocycles. The first-order chi connectivity index (χ1) is 43.5. The van der Waals surface area contributed by atoms with Crippen molar-refractivity contribution in [3.8, 4) is 0 Å². The van der Waals surface area contributed by atoms with E-state index >= 15 is 0 Å². The van der Waals surface area contributed by atoms with Crippen molar-refractivity contribution in [2.75, 3.05) is 13.2 Å². The largest absolute Gasteiger partial charge is 0.466 e. The smallest absolute Gasteiger partial charge is 0.305 e. The number of carbonyl (C=O) groups excluding carboxylic acids is 2. The van der Waals surface area contributed by atoms with E-state index in [0.29, 0.717) is 25.9 Å². The van der Waals surface area contributed by atoms with E-state index in [9.17, 15) is 19.8 Å². The average Bonchev–Trinajstić information content (AvgIpc) is 3.58. The molecule has 0 aromatic rings. The van der Waals surface area contributed by atoms with E-state index < -0.39 is 12.1 Å². The monoisotopic (exact) mass is 1240 g/mol. The van der Waals surface area contributed by atoms with Gasteiger partial charge in [0.05, 0.1) is 25.4 Å². The number of ether oxygens (including phenoxy) is 1. The maximum absolute atomic E-state index is 12.6. The molecule has 6 nitrogen and oxygen atoms in total. The quantitative estimate of drug-likeness (QED) is 0.0320. The number of amides is 1. The highest BCUT2D eigenvalue weighted by Crippen LogP contribution is 2.21. The lowest BCUT2D eigenvalue weighted by Gasteiger charge is -2.22. The van der Waals surface area contributed by atoms with Crippen LogP contribution in [0.4, 0.5) is 0 Å². The molecule has 0 saturated carbocycles. The van der Waals surface area contributed by atoms with Gasteiger partial charge in [-0.3, -0.25) is 9.59 Å². The summed E-state index contributed by atoms with van der Waals surface area (Å²) in [6.07, 6.45) is 100.0. The molecule has 0 aliphatic rings. The lowest BCUT2D eigenvalue weighted by Crippen LogP contribution is -2.45. The maximum atomic E-state index is 12.6. The molecule has 0 spiro atoms. The molecule has 0 rings (SSSR count). The number of aliphatic hydroxyl groups excluding tert-OH is 2. The second-order valence-corrected chi connectivity index (χ2v) is 28.1. The number of nitrogens with one attached hydrogen (secondary N) is 1. The number of esters is 1. The Balaban J connectivity index is 3.32. The number of allylic oxidation sites excluding steroid dienone is 4. The summed E-state index contributed by atoms with van der Waals surface area (Å²) in [4.78, 5) is 24.6. The first kappa shape index (κ1) is 86.3. The fourth-order valence-corrected chi connectivity index (χ4v) is 13.1. The molecule has 0 aliphatic carbocycles. The summed E-state index contributed by atoms with van der Waals surface area (Å²) in [5.74, 6) is -0.0152. The molecule has 0 radical (unpaired) electrons. The fourth-order valence-electron chi connectivity index (χ4n) is 13.1. The van der Waals surface area contributed by atoms with Crippen LogP contribution in [0.5, 0.6) is 0 Å². The van der Waals surface area contributed by atoms with Crippen LogP contribution in [0.25, 0.3) is 0 Å². The molecule has 0 aromatic heterocycles. The number of hydrogen-bond acceptors (Lipinski definition) is 5. The molecule has 88 heavy (non-hydrogen) atoms. The zero-order valence-electron chi connectivity index (χ0n) is 60.0. The third kappa shape index (κ3) is 73.4. The van der Waals surface area contributed by atoms with Crippen LogP contribution >= 0.6 is 0 Å². The molecule has 0 aromatic carbocycles. The van der Waals surface area contributed by atoms with Gasteiger partial charge in [-0.15, -0.1) is 0 Å². The average molecular weight is 1240 g/mol. The molecule has 2 atom stereocenters. The molecule has 6 heteroatoms. The predicted octanol–water partition coefficient (Wildman–Crippen LogP) is 26.8. The number of hydrogen-bond donors (Lipinski definition) is 3. The summed E-state index contributed by atoms with van der Waals surface area (Å²) in [7, 11) is 0. The van der Waals surface area contributed by atoms with E-state index in [1.54, 1.807) is 0 Å². The van der Waals surface area contributed by atoms with Crippen LogP contribution < -0.4 is 5.32 Å². The van der Waals surface area contributed by atoms with E-state index in [0.717, 1.165) is 51.4 Å². The van der Waals surface area contributed by atoms with Gasteiger partial charge >= 0.3 is 5.97 Å². The van der Waals surface area contributed by atoms with Crippen molar-refractivity contribution >= 4 is 11.9 Å². The Labute approximate surface area is 551 Å². The summed E-state index contributed by atoms with van der Waals surface area (Å²) < 4.78 is 5.49. The van der Waals surface area contributed by atoms with Crippen LogP contribution in [-0.2, 0) is 14.3 Å². The van der Waals surface area contributed by atoms with Crippen LogP contribution in [0.15, 0.2) is 24.3 Å². The van der Waals surface area contributed by atoms with Crippen molar-refractivity contribution in [3.05, 3.63) is 24.3 Å². The standard InChI is InChI=1S/C82H159NO5/c1-3-5-7-9-11-13-15-17-19-20-21-22-38-41-44-47-50-54-58-62-66-70-74-80(85)79(78-84)83-81(86)75-71-67-63-59-55-51-48-45-42-39-36-34-32-30-28-26-24-23-25-27-29-31-33-35-37-40-43-46-49-53-57-61-65-69-73-77-88-82(87)76-72-68-64-60-56-52-18-16-14-12-10-8-6-4-2/h10,12,16,18,79-80,84-85H,3-9,11,13-15,17,19-78H2,1-2H3,(H,83,86)/b12-10-,18-16-. The van der Waals surface area contributed by atoms with Crippen LogP contribution in [0, 0.1) is 0 Å². The van der Waals surface area contributed by atoms with Gasteiger partial charge in [0.15, 0.2) is 0 Å². The van der Waals surface area contributed by atoms with Crippen LogP contribution in [0.1, 0.15) is 463 Å². The highest BCUT2D eigenvalue weighted by atomic mass is 16.5. The van der Waals surface area contributed by atoms with Gasteiger partial charge in [0.2, 0.25) is 5.91 Å². The van der Waals surface area contributed by atoms with Gasteiger partial charge in [-0.05, 0) is 51.4 Å². The third-order valence-corrected chi connectivity index (χ3v) is 19.3.